The fourth-order valence-corrected chi connectivity index (χ4v) is 3.26. The van der Waals surface area contributed by atoms with Crippen LogP contribution in [0.3, 0.4) is 0 Å². The van der Waals surface area contributed by atoms with Crippen LogP contribution in [-0.2, 0) is 17.6 Å². The molecule has 0 spiro atoms. The summed E-state index contributed by atoms with van der Waals surface area (Å²) in [6.45, 7) is 0.563. The lowest BCUT2D eigenvalue weighted by atomic mass is 10.0. The van der Waals surface area contributed by atoms with Crippen molar-refractivity contribution in [3.05, 3.63) is 78.4 Å². The number of ether oxygens (including phenoxy) is 1. The summed E-state index contributed by atoms with van der Waals surface area (Å²) in [5.74, 6) is 0.796. The predicted octanol–water partition coefficient (Wildman–Crippen LogP) is 3.53. The molecule has 0 aliphatic rings. The Morgan fingerprint density at radius 1 is 1.10 bits per heavy atom. The summed E-state index contributed by atoms with van der Waals surface area (Å²) in [5.41, 5.74) is 4.72. The molecule has 6 nitrogen and oxygen atoms in total. The molecule has 2 N–H and O–H groups in total. The van der Waals surface area contributed by atoms with Crippen molar-refractivity contribution in [2.45, 2.75) is 12.8 Å². The van der Waals surface area contributed by atoms with Crippen molar-refractivity contribution in [1.29, 1.82) is 0 Å². The van der Waals surface area contributed by atoms with Crippen LogP contribution in [0.25, 0.3) is 22.2 Å². The summed E-state index contributed by atoms with van der Waals surface area (Å²) in [5, 5.41) is 3.92. The maximum Gasteiger partial charge on any atom is 0.224 e. The average molecular weight is 386 g/mol. The second kappa shape index (κ2) is 8.56. The van der Waals surface area contributed by atoms with Gasteiger partial charge in [-0.1, -0.05) is 18.2 Å². The molecule has 4 aromatic rings. The number of carbonyl (C=O) groups excluding carboxylic acids is 1. The van der Waals surface area contributed by atoms with Crippen LogP contribution in [0.4, 0.5) is 0 Å². The summed E-state index contributed by atoms with van der Waals surface area (Å²) in [6.07, 6.45) is 6.46. The molecule has 29 heavy (non-hydrogen) atoms. The number of pyridine rings is 2. The van der Waals surface area contributed by atoms with Gasteiger partial charge in [-0.05, 0) is 41.5 Å². The Morgan fingerprint density at radius 3 is 2.72 bits per heavy atom. The lowest BCUT2D eigenvalue weighted by Gasteiger charge is -2.06. The Morgan fingerprint density at radius 2 is 1.97 bits per heavy atom. The van der Waals surface area contributed by atoms with Crippen molar-refractivity contribution in [1.82, 2.24) is 20.3 Å². The second-order valence-corrected chi connectivity index (χ2v) is 6.76. The Kier molecular flexibility index (Phi) is 5.52. The molecule has 0 aliphatic heterocycles. The molecule has 0 aliphatic carbocycles. The van der Waals surface area contributed by atoms with Gasteiger partial charge in [-0.3, -0.25) is 9.78 Å². The third kappa shape index (κ3) is 4.43. The van der Waals surface area contributed by atoms with E-state index in [1.54, 1.807) is 13.3 Å². The van der Waals surface area contributed by atoms with Crippen molar-refractivity contribution >= 4 is 16.9 Å². The van der Waals surface area contributed by atoms with Gasteiger partial charge in [-0.25, -0.2) is 4.98 Å². The topological polar surface area (TPSA) is 79.9 Å². The van der Waals surface area contributed by atoms with Gasteiger partial charge < -0.3 is 15.0 Å². The third-order valence-electron chi connectivity index (χ3n) is 4.82. The van der Waals surface area contributed by atoms with E-state index in [9.17, 15) is 4.79 Å². The highest BCUT2D eigenvalue weighted by atomic mass is 16.5. The second-order valence-electron chi connectivity index (χ2n) is 6.76. The number of aromatic amines is 1. The van der Waals surface area contributed by atoms with Crippen LogP contribution < -0.4 is 10.1 Å². The van der Waals surface area contributed by atoms with E-state index in [4.69, 9.17) is 4.74 Å². The van der Waals surface area contributed by atoms with E-state index < -0.39 is 0 Å². The van der Waals surface area contributed by atoms with Gasteiger partial charge in [0.1, 0.15) is 11.4 Å². The molecule has 0 saturated carbocycles. The van der Waals surface area contributed by atoms with Crippen LogP contribution in [0.5, 0.6) is 5.75 Å². The van der Waals surface area contributed by atoms with Crippen LogP contribution in [0, 0.1) is 0 Å². The van der Waals surface area contributed by atoms with E-state index in [-0.39, 0.29) is 5.91 Å². The molecule has 0 radical (unpaired) electrons. The number of amides is 1. The van der Waals surface area contributed by atoms with E-state index in [2.05, 4.69) is 26.3 Å². The Balaban J connectivity index is 1.45. The first kappa shape index (κ1) is 18.7. The standard InChI is InChI=1S/C23H22N4O2/c1-29-20-7-5-16(6-8-20)17-12-21-18(15-27-23(21)26-14-17)13-22(28)25-11-9-19-4-2-3-10-24-19/h2-8,10,12,14-15H,9,11,13H2,1H3,(H,25,28)(H,26,27). The molecule has 4 rings (SSSR count). The molecule has 1 amide bonds. The summed E-state index contributed by atoms with van der Waals surface area (Å²) >= 11 is 0. The van der Waals surface area contributed by atoms with E-state index in [0.29, 0.717) is 19.4 Å². The van der Waals surface area contributed by atoms with Gasteiger partial charge in [-0.15, -0.1) is 0 Å². The number of aromatic nitrogens is 3. The Hall–Kier alpha value is -3.67. The molecule has 0 saturated heterocycles. The van der Waals surface area contributed by atoms with Crippen LogP contribution >= 0.6 is 0 Å². The zero-order chi connectivity index (χ0) is 20.1. The minimum absolute atomic E-state index is 0.0170. The van der Waals surface area contributed by atoms with Gasteiger partial charge >= 0.3 is 0 Å². The largest absolute Gasteiger partial charge is 0.497 e. The summed E-state index contributed by atoms with van der Waals surface area (Å²) < 4.78 is 5.22. The third-order valence-corrected chi connectivity index (χ3v) is 4.82. The number of hydrogen-bond acceptors (Lipinski definition) is 4. The van der Waals surface area contributed by atoms with E-state index in [0.717, 1.165) is 39.2 Å². The quantitative estimate of drug-likeness (QED) is 0.509. The molecule has 0 bridgehead atoms. The maximum absolute atomic E-state index is 12.4. The van der Waals surface area contributed by atoms with Crippen molar-refractivity contribution < 1.29 is 9.53 Å². The molecule has 0 unspecified atom stereocenters. The SMILES string of the molecule is COc1ccc(-c2cnc3[nH]cc(CC(=O)NCCc4ccccn4)c3c2)cc1. The minimum Gasteiger partial charge on any atom is -0.497 e. The van der Waals surface area contributed by atoms with Gasteiger partial charge in [0.15, 0.2) is 0 Å². The van der Waals surface area contributed by atoms with Crippen molar-refractivity contribution in [2.24, 2.45) is 0 Å². The zero-order valence-corrected chi connectivity index (χ0v) is 16.2. The lowest BCUT2D eigenvalue weighted by molar-refractivity contribution is -0.120. The maximum atomic E-state index is 12.4. The van der Waals surface area contributed by atoms with Gasteiger partial charge in [0, 0.05) is 48.2 Å². The zero-order valence-electron chi connectivity index (χ0n) is 16.2. The molecule has 6 heteroatoms. The van der Waals surface area contributed by atoms with Crippen LogP contribution in [0.2, 0.25) is 0 Å². The minimum atomic E-state index is -0.0170. The smallest absolute Gasteiger partial charge is 0.224 e. The summed E-state index contributed by atoms with van der Waals surface area (Å²) in [4.78, 5) is 24.3. The highest BCUT2D eigenvalue weighted by Gasteiger charge is 2.11. The molecule has 3 aromatic heterocycles. The van der Waals surface area contributed by atoms with E-state index in [1.807, 2.05) is 54.9 Å². The highest BCUT2D eigenvalue weighted by molar-refractivity contribution is 5.89. The Labute approximate surface area is 169 Å². The monoisotopic (exact) mass is 386 g/mol. The van der Waals surface area contributed by atoms with Gasteiger partial charge in [0.25, 0.3) is 0 Å². The number of rotatable bonds is 7. The predicted molar refractivity (Wildman–Crippen MR) is 113 cm³/mol. The number of benzene rings is 1. The normalized spacial score (nSPS) is 10.8. The first-order chi connectivity index (χ1) is 14.2. The number of carbonyl (C=O) groups is 1. The van der Waals surface area contributed by atoms with Gasteiger partial charge in [0.05, 0.1) is 13.5 Å². The van der Waals surface area contributed by atoms with E-state index in [1.165, 1.54) is 0 Å². The average Bonchev–Trinajstić information content (AvgIpc) is 3.16. The molecule has 146 valence electrons. The van der Waals surface area contributed by atoms with E-state index >= 15 is 0 Å². The molecule has 0 fully saturated rings. The molecule has 1 aromatic carbocycles. The number of fused-ring (bicyclic) bond motifs is 1. The fraction of sp³-hybridized carbons (Fsp3) is 0.174. The lowest BCUT2D eigenvalue weighted by Crippen LogP contribution is -2.27. The van der Waals surface area contributed by atoms with Gasteiger partial charge in [-0.2, -0.15) is 0 Å². The molecular formula is C23H22N4O2. The molecular weight excluding hydrogens is 364 g/mol. The number of methoxy groups -OCH3 is 1. The van der Waals surface area contributed by atoms with Crippen LogP contribution in [0.1, 0.15) is 11.3 Å². The Bertz CT molecular complexity index is 1100. The number of nitrogens with zero attached hydrogens (tertiary/aromatic N) is 2. The van der Waals surface area contributed by atoms with Crippen molar-refractivity contribution in [2.75, 3.05) is 13.7 Å². The van der Waals surface area contributed by atoms with Crippen LogP contribution in [-0.4, -0.2) is 34.5 Å². The fourth-order valence-electron chi connectivity index (χ4n) is 3.26. The number of nitrogens with one attached hydrogen (secondary N) is 2. The van der Waals surface area contributed by atoms with Gasteiger partial charge in [0.2, 0.25) is 5.91 Å². The van der Waals surface area contributed by atoms with Crippen molar-refractivity contribution in [3.8, 4) is 16.9 Å². The molecule has 0 atom stereocenters. The molecule has 3 heterocycles. The summed E-state index contributed by atoms with van der Waals surface area (Å²) in [6, 6.07) is 15.7. The number of H-pyrrole nitrogens is 1. The first-order valence-corrected chi connectivity index (χ1v) is 9.50. The number of hydrogen-bond donors (Lipinski definition) is 2. The first-order valence-electron chi connectivity index (χ1n) is 9.50. The van der Waals surface area contributed by atoms with Crippen molar-refractivity contribution in [3.63, 3.8) is 0 Å². The highest BCUT2D eigenvalue weighted by Crippen LogP contribution is 2.26. The van der Waals surface area contributed by atoms with Crippen LogP contribution in [0.15, 0.2) is 67.1 Å². The summed E-state index contributed by atoms with van der Waals surface area (Å²) in [7, 11) is 1.65.